The highest BCUT2D eigenvalue weighted by Gasteiger charge is 2.35. The molecule has 0 bridgehead atoms. The number of allylic oxidation sites excluding steroid dienone is 1. The summed E-state index contributed by atoms with van der Waals surface area (Å²) in [5, 5.41) is 5.20. The number of Topliss-reactive ketones (excluding diaryl/α,β-unsaturated/α-hetero) is 1. The van der Waals surface area contributed by atoms with Crippen LogP contribution in [0.3, 0.4) is 0 Å². The molecular weight excluding hydrogens is 695 g/mol. The molecular formula is C39H51N6O7P. The van der Waals surface area contributed by atoms with Crippen molar-refractivity contribution in [1.29, 1.82) is 0 Å². The third-order valence-electron chi connectivity index (χ3n) is 11.7. The quantitative estimate of drug-likeness (QED) is 0.295. The highest BCUT2D eigenvalue weighted by molar-refractivity contribution is 7.46. The smallest absolute Gasteiger partial charge is 0.343 e. The zero-order chi connectivity index (χ0) is 37.3. The van der Waals surface area contributed by atoms with Crippen molar-refractivity contribution in [3.05, 3.63) is 70.4 Å². The molecule has 53 heavy (non-hydrogen) atoms. The fraction of sp³-hybridized carbons (Fsp3) is 0.538. The number of fused-ring (bicyclic) bond motifs is 2. The largest absolute Gasteiger partial charge is 0.471 e. The van der Waals surface area contributed by atoms with E-state index in [0.717, 1.165) is 72.2 Å². The molecule has 4 aliphatic rings. The van der Waals surface area contributed by atoms with Crippen LogP contribution < -0.4 is 0 Å². The van der Waals surface area contributed by atoms with Crippen molar-refractivity contribution in [2.45, 2.75) is 64.6 Å². The summed E-state index contributed by atoms with van der Waals surface area (Å²) in [6.45, 7) is 7.71. The van der Waals surface area contributed by atoms with Gasteiger partial charge in [-0.1, -0.05) is 30.3 Å². The maximum atomic E-state index is 14.4. The Balaban J connectivity index is 1.04. The fourth-order valence-electron chi connectivity index (χ4n) is 8.70. The first-order valence-corrected chi connectivity index (χ1v) is 20.4. The Morgan fingerprint density at radius 2 is 1.68 bits per heavy atom. The zero-order valence-electron chi connectivity index (χ0n) is 30.7. The van der Waals surface area contributed by atoms with E-state index in [1.807, 2.05) is 53.1 Å². The van der Waals surface area contributed by atoms with Gasteiger partial charge in [0.2, 0.25) is 11.8 Å². The van der Waals surface area contributed by atoms with Crippen molar-refractivity contribution in [2.75, 3.05) is 59.4 Å². The summed E-state index contributed by atoms with van der Waals surface area (Å²) in [4.78, 5) is 68.4. The van der Waals surface area contributed by atoms with Crippen LogP contribution in [0.2, 0.25) is 0 Å². The lowest BCUT2D eigenvalue weighted by atomic mass is 9.80. The van der Waals surface area contributed by atoms with Gasteiger partial charge in [-0.2, -0.15) is 5.10 Å². The highest BCUT2D eigenvalue weighted by atomic mass is 31.2. The molecule has 0 saturated carbocycles. The van der Waals surface area contributed by atoms with Crippen LogP contribution in [0.15, 0.2) is 48.2 Å². The molecule has 0 radical (unpaired) electrons. The molecule has 0 spiro atoms. The minimum Gasteiger partial charge on any atom is -0.343 e. The molecule has 1 aromatic heterocycles. The number of rotatable bonds is 10. The number of piperazine rings is 1. The summed E-state index contributed by atoms with van der Waals surface area (Å²) < 4.78 is 17.2. The van der Waals surface area contributed by atoms with Crippen LogP contribution in [0, 0.1) is 18.8 Å². The number of likely N-dealkylation sites (tertiary alicyclic amines) is 2. The lowest BCUT2D eigenvalue weighted by Gasteiger charge is -2.43. The van der Waals surface area contributed by atoms with Crippen LogP contribution in [0.25, 0.3) is 17.0 Å². The van der Waals surface area contributed by atoms with Gasteiger partial charge in [-0.05, 0) is 105 Å². The monoisotopic (exact) mass is 746 g/mol. The van der Waals surface area contributed by atoms with Gasteiger partial charge >= 0.3 is 7.82 Å². The van der Waals surface area contributed by atoms with Crippen molar-refractivity contribution in [3.8, 4) is 0 Å². The summed E-state index contributed by atoms with van der Waals surface area (Å²) in [7, 11) is -2.50. The van der Waals surface area contributed by atoms with Crippen molar-refractivity contribution in [1.82, 2.24) is 29.4 Å². The second-order valence-electron chi connectivity index (χ2n) is 15.3. The van der Waals surface area contributed by atoms with Crippen molar-refractivity contribution < 1.29 is 33.3 Å². The van der Waals surface area contributed by atoms with Gasteiger partial charge in [0.05, 0.1) is 11.4 Å². The Bertz CT molecular complexity index is 1920. The molecule has 3 aliphatic heterocycles. The first-order valence-electron chi connectivity index (χ1n) is 18.9. The van der Waals surface area contributed by atoms with E-state index in [1.165, 1.54) is 4.68 Å². The third-order valence-corrected chi connectivity index (χ3v) is 12.1. The van der Waals surface area contributed by atoms with Crippen molar-refractivity contribution in [3.63, 3.8) is 0 Å². The van der Waals surface area contributed by atoms with E-state index in [-0.39, 0.29) is 29.9 Å². The zero-order valence-corrected chi connectivity index (χ0v) is 31.6. The Hall–Kier alpha value is -3.71. The van der Waals surface area contributed by atoms with Gasteiger partial charge in [-0.25, -0.2) is 9.25 Å². The Labute approximate surface area is 310 Å². The van der Waals surface area contributed by atoms with Gasteiger partial charge in [-0.3, -0.25) is 23.8 Å². The SMILES string of the molecule is Cc1cc(C[C@@H](CC(=O)N2CCC(C3=Cc4ccccc4CC3=O)CC2)C(=O)N2CCN(C3CCN(C)CC3)CC2)cc2cn(COP(=O)(O)O)nc12. The van der Waals surface area contributed by atoms with Gasteiger partial charge < -0.3 is 24.5 Å². The van der Waals surface area contributed by atoms with E-state index in [9.17, 15) is 18.9 Å². The van der Waals surface area contributed by atoms with Crippen LogP contribution in [-0.2, 0) is 43.0 Å². The molecule has 3 aromatic rings. The lowest BCUT2D eigenvalue weighted by molar-refractivity contribution is -0.143. The number of phosphoric ester groups is 1. The molecule has 7 rings (SSSR count). The van der Waals surface area contributed by atoms with Gasteiger partial charge in [-0.15, -0.1) is 0 Å². The summed E-state index contributed by atoms with van der Waals surface area (Å²) in [5.74, 6) is -0.320. The van der Waals surface area contributed by atoms with E-state index < -0.39 is 20.5 Å². The van der Waals surface area contributed by atoms with Crippen LogP contribution in [0.4, 0.5) is 0 Å². The number of piperidine rings is 2. The Morgan fingerprint density at radius 3 is 2.40 bits per heavy atom. The number of benzene rings is 2. The van der Waals surface area contributed by atoms with Gasteiger partial charge in [0.1, 0.15) is 0 Å². The van der Waals surface area contributed by atoms with E-state index in [0.29, 0.717) is 63.4 Å². The second-order valence-corrected chi connectivity index (χ2v) is 16.6. The number of phosphoric acid groups is 1. The van der Waals surface area contributed by atoms with Crippen molar-refractivity contribution in [2.24, 2.45) is 11.8 Å². The van der Waals surface area contributed by atoms with Crippen LogP contribution in [0.5, 0.6) is 0 Å². The summed E-state index contributed by atoms with van der Waals surface area (Å²) in [5.41, 5.74) is 5.45. The van der Waals surface area contributed by atoms with E-state index in [2.05, 4.69) is 32.5 Å². The summed E-state index contributed by atoms with van der Waals surface area (Å²) in [6.07, 6.45) is 8.31. The maximum absolute atomic E-state index is 14.4. The minimum atomic E-state index is -4.67. The first kappa shape index (κ1) is 37.6. The average Bonchev–Trinajstić information content (AvgIpc) is 3.57. The highest BCUT2D eigenvalue weighted by Crippen LogP contribution is 2.36. The molecule has 14 heteroatoms. The van der Waals surface area contributed by atoms with E-state index in [1.54, 1.807) is 6.20 Å². The topological polar surface area (TPSA) is 149 Å². The number of hydrogen-bond acceptors (Lipinski definition) is 8. The first-order chi connectivity index (χ1) is 25.4. The molecule has 0 unspecified atom stereocenters. The maximum Gasteiger partial charge on any atom is 0.471 e. The number of ketones is 1. The standard InChI is InChI=1S/C39H51N6O7P/c1-27-19-28(21-33-25-45(40-38(27)33)26-52-53(49,50)51)20-32(39(48)44-17-15-42(16-18-44)34-9-11-41(2)12-10-34)24-37(47)43-13-7-29(8-14-43)35-22-30-5-3-4-6-31(30)23-36(35)46/h3-6,19,21-22,25,29,32,34H,7-18,20,23-24,26H2,1-2H3,(H2,49,50,51)/t32-/m0/s1. The molecule has 1 aliphatic carbocycles. The van der Waals surface area contributed by atoms with Crippen LogP contribution >= 0.6 is 7.82 Å². The Morgan fingerprint density at radius 1 is 0.962 bits per heavy atom. The number of aryl methyl sites for hydroxylation is 1. The molecule has 1 atom stereocenters. The van der Waals surface area contributed by atoms with Crippen LogP contribution in [0.1, 0.15) is 54.4 Å². The second kappa shape index (κ2) is 15.9. The van der Waals surface area contributed by atoms with Crippen LogP contribution in [-0.4, -0.2) is 122 Å². The number of carbonyl (C=O) groups is 3. The number of aromatic nitrogens is 2. The fourth-order valence-corrected chi connectivity index (χ4v) is 8.97. The molecule has 3 fully saturated rings. The molecule has 284 valence electrons. The molecule has 4 heterocycles. The number of carbonyl (C=O) groups excluding carboxylic acids is 3. The average molecular weight is 747 g/mol. The molecule has 2 aromatic carbocycles. The summed E-state index contributed by atoms with van der Waals surface area (Å²) in [6, 6.07) is 12.5. The van der Waals surface area contributed by atoms with Gasteiger partial charge in [0.15, 0.2) is 12.5 Å². The van der Waals surface area contributed by atoms with Crippen molar-refractivity contribution >= 4 is 42.4 Å². The molecule has 3 saturated heterocycles. The molecule has 2 amide bonds. The number of hydrogen-bond donors (Lipinski definition) is 2. The number of amides is 2. The van der Waals surface area contributed by atoms with Gasteiger partial charge in [0, 0.05) is 69.7 Å². The van der Waals surface area contributed by atoms with E-state index >= 15 is 0 Å². The molecule has 13 nitrogen and oxygen atoms in total. The van der Waals surface area contributed by atoms with E-state index in [4.69, 9.17) is 9.79 Å². The number of nitrogens with zero attached hydrogens (tertiary/aromatic N) is 6. The third kappa shape index (κ3) is 8.99. The normalized spacial score (nSPS) is 20.5. The minimum absolute atomic E-state index is 0.00336. The molecule has 2 N–H and O–H groups in total. The Kier molecular flexibility index (Phi) is 11.3. The van der Waals surface area contributed by atoms with Gasteiger partial charge in [0.25, 0.3) is 0 Å². The predicted octanol–water partition coefficient (Wildman–Crippen LogP) is 3.65. The summed E-state index contributed by atoms with van der Waals surface area (Å²) >= 11 is 0. The lowest BCUT2D eigenvalue weighted by Crippen LogP contribution is -2.55. The predicted molar refractivity (Wildman–Crippen MR) is 201 cm³/mol.